The number of halogens is 1. The first-order valence-electron chi connectivity index (χ1n) is 7.93. The summed E-state index contributed by atoms with van der Waals surface area (Å²) in [4.78, 5) is 0.863. The van der Waals surface area contributed by atoms with Crippen LogP contribution in [0.5, 0.6) is 0 Å². The predicted octanol–water partition coefficient (Wildman–Crippen LogP) is 5.31. The normalized spacial score (nSPS) is 19.6. The van der Waals surface area contributed by atoms with Crippen LogP contribution < -0.4 is 5.32 Å². The minimum atomic E-state index is -0.0559. The first kappa shape index (κ1) is 15.8. The number of thioether (sulfide) groups is 1. The van der Waals surface area contributed by atoms with Crippen molar-refractivity contribution in [2.75, 3.05) is 5.75 Å². The molecule has 0 aliphatic carbocycles. The summed E-state index contributed by atoms with van der Waals surface area (Å²) in [5.41, 5.74) is 1.17. The number of unbranched alkanes of at least 4 members (excludes halogenated alkanes) is 1. The van der Waals surface area contributed by atoms with E-state index >= 15 is 0 Å². The molecule has 2 unspecified atom stereocenters. The van der Waals surface area contributed by atoms with Crippen molar-refractivity contribution in [1.29, 1.82) is 0 Å². The zero-order valence-electron chi connectivity index (χ0n) is 12.6. The SMILES string of the molecule is CCCCC(CCC)NC1CCSc2c(F)cccc21. The van der Waals surface area contributed by atoms with E-state index < -0.39 is 0 Å². The lowest BCUT2D eigenvalue weighted by Crippen LogP contribution is -2.34. The Hall–Kier alpha value is -0.540. The second kappa shape index (κ2) is 8.04. The lowest BCUT2D eigenvalue weighted by atomic mass is 9.99. The third-order valence-corrected chi connectivity index (χ3v) is 5.17. The fraction of sp³-hybridized carbons (Fsp3) is 0.647. The molecular weight excluding hydrogens is 269 g/mol. The van der Waals surface area contributed by atoms with Gasteiger partial charge in [-0.1, -0.05) is 45.2 Å². The molecule has 1 aliphatic rings. The van der Waals surface area contributed by atoms with Crippen molar-refractivity contribution >= 4 is 11.8 Å². The molecule has 112 valence electrons. The van der Waals surface area contributed by atoms with E-state index in [1.807, 2.05) is 6.07 Å². The second-order valence-corrected chi connectivity index (χ2v) is 6.75. The Morgan fingerprint density at radius 3 is 2.90 bits per heavy atom. The van der Waals surface area contributed by atoms with Crippen molar-refractivity contribution in [3.63, 3.8) is 0 Å². The van der Waals surface area contributed by atoms with Crippen LogP contribution in [0.25, 0.3) is 0 Å². The highest BCUT2D eigenvalue weighted by Gasteiger charge is 2.24. The van der Waals surface area contributed by atoms with Crippen LogP contribution in [0, 0.1) is 5.82 Å². The third-order valence-electron chi connectivity index (χ3n) is 4.01. The fourth-order valence-corrected chi connectivity index (χ4v) is 4.09. The van der Waals surface area contributed by atoms with Crippen molar-refractivity contribution in [1.82, 2.24) is 5.32 Å². The van der Waals surface area contributed by atoms with Crippen molar-refractivity contribution < 1.29 is 4.39 Å². The van der Waals surface area contributed by atoms with Crippen molar-refractivity contribution in [2.24, 2.45) is 0 Å². The number of hydrogen-bond acceptors (Lipinski definition) is 2. The molecule has 0 aromatic heterocycles. The van der Waals surface area contributed by atoms with Gasteiger partial charge in [-0.3, -0.25) is 0 Å². The Kier molecular flexibility index (Phi) is 6.37. The summed E-state index contributed by atoms with van der Waals surface area (Å²) in [6, 6.07) is 6.41. The molecule has 20 heavy (non-hydrogen) atoms. The van der Waals surface area contributed by atoms with Gasteiger partial charge >= 0.3 is 0 Å². The number of benzene rings is 1. The van der Waals surface area contributed by atoms with E-state index in [0.717, 1.165) is 17.1 Å². The van der Waals surface area contributed by atoms with Gasteiger partial charge in [-0.05, 0) is 36.6 Å². The van der Waals surface area contributed by atoms with Gasteiger partial charge in [-0.15, -0.1) is 11.8 Å². The molecule has 1 nitrogen and oxygen atoms in total. The Morgan fingerprint density at radius 2 is 2.15 bits per heavy atom. The summed E-state index contributed by atoms with van der Waals surface area (Å²) in [5, 5.41) is 3.80. The van der Waals surface area contributed by atoms with E-state index in [9.17, 15) is 4.39 Å². The van der Waals surface area contributed by atoms with Crippen LogP contribution >= 0.6 is 11.8 Å². The first-order valence-corrected chi connectivity index (χ1v) is 8.92. The average Bonchev–Trinajstić information content (AvgIpc) is 2.46. The van der Waals surface area contributed by atoms with Gasteiger partial charge in [0, 0.05) is 17.0 Å². The summed E-state index contributed by atoms with van der Waals surface area (Å²) < 4.78 is 13.9. The van der Waals surface area contributed by atoms with E-state index in [1.54, 1.807) is 17.8 Å². The Balaban J connectivity index is 2.08. The quantitative estimate of drug-likeness (QED) is 0.731. The monoisotopic (exact) mass is 295 g/mol. The lowest BCUT2D eigenvalue weighted by Gasteiger charge is -2.30. The molecule has 1 aliphatic heterocycles. The van der Waals surface area contributed by atoms with Crippen molar-refractivity contribution in [3.05, 3.63) is 29.6 Å². The zero-order valence-corrected chi connectivity index (χ0v) is 13.4. The highest BCUT2D eigenvalue weighted by Crippen LogP contribution is 2.38. The van der Waals surface area contributed by atoms with Crippen LogP contribution in [0.15, 0.2) is 23.1 Å². The third kappa shape index (κ3) is 3.98. The van der Waals surface area contributed by atoms with Crippen LogP contribution in [-0.4, -0.2) is 11.8 Å². The molecule has 3 heteroatoms. The summed E-state index contributed by atoms with van der Waals surface area (Å²) in [6.07, 6.45) is 7.28. The van der Waals surface area contributed by atoms with Gasteiger partial charge in [-0.2, -0.15) is 0 Å². The van der Waals surface area contributed by atoms with E-state index in [1.165, 1.54) is 37.7 Å². The molecule has 0 radical (unpaired) electrons. The number of fused-ring (bicyclic) bond motifs is 1. The average molecular weight is 295 g/mol. The highest BCUT2D eigenvalue weighted by atomic mass is 32.2. The van der Waals surface area contributed by atoms with Crippen LogP contribution in [0.1, 0.15) is 64.0 Å². The van der Waals surface area contributed by atoms with Gasteiger partial charge < -0.3 is 5.32 Å². The summed E-state index contributed by atoms with van der Waals surface area (Å²) in [5.74, 6) is 0.956. The minimum Gasteiger partial charge on any atom is -0.307 e. The molecule has 0 spiro atoms. The molecule has 2 rings (SSSR count). The van der Waals surface area contributed by atoms with Gasteiger partial charge in [0.1, 0.15) is 5.82 Å². The largest absolute Gasteiger partial charge is 0.307 e. The second-order valence-electron chi connectivity index (χ2n) is 5.64. The zero-order chi connectivity index (χ0) is 14.4. The molecule has 1 aromatic carbocycles. The number of rotatable bonds is 7. The smallest absolute Gasteiger partial charge is 0.137 e. The van der Waals surface area contributed by atoms with E-state index in [-0.39, 0.29) is 5.82 Å². The van der Waals surface area contributed by atoms with Crippen LogP contribution in [-0.2, 0) is 0 Å². The summed E-state index contributed by atoms with van der Waals surface area (Å²) >= 11 is 1.66. The maximum atomic E-state index is 13.9. The van der Waals surface area contributed by atoms with E-state index in [4.69, 9.17) is 0 Å². The van der Waals surface area contributed by atoms with E-state index in [0.29, 0.717) is 12.1 Å². The summed E-state index contributed by atoms with van der Waals surface area (Å²) in [7, 11) is 0. The van der Waals surface area contributed by atoms with Gasteiger partial charge in [0.15, 0.2) is 0 Å². The molecule has 1 heterocycles. The van der Waals surface area contributed by atoms with Gasteiger partial charge in [0.2, 0.25) is 0 Å². The van der Waals surface area contributed by atoms with E-state index in [2.05, 4.69) is 25.2 Å². The molecule has 0 bridgehead atoms. The highest BCUT2D eigenvalue weighted by molar-refractivity contribution is 7.99. The van der Waals surface area contributed by atoms with Gasteiger partial charge in [-0.25, -0.2) is 4.39 Å². The van der Waals surface area contributed by atoms with Gasteiger partial charge in [0.25, 0.3) is 0 Å². The molecule has 0 saturated heterocycles. The minimum absolute atomic E-state index is 0.0559. The first-order chi connectivity index (χ1) is 9.76. The standard InChI is InChI=1S/C17H26FNS/c1-3-5-8-13(7-4-2)19-16-11-12-20-17-14(16)9-6-10-15(17)18/h6,9-10,13,16,19H,3-5,7-8,11-12H2,1-2H3. The number of hydrogen-bond donors (Lipinski definition) is 1. The fourth-order valence-electron chi connectivity index (χ4n) is 2.95. The van der Waals surface area contributed by atoms with Gasteiger partial charge in [0.05, 0.1) is 0 Å². The molecule has 0 fully saturated rings. The molecule has 2 atom stereocenters. The summed E-state index contributed by atoms with van der Waals surface area (Å²) in [6.45, 7) is 4.48. The van der Waals surface area contributed by atoms with Crippen molar-refractivity contribution in [3.8, 4) is 0 Å². The maximum absolute atomic E-state index is 13.9. The van der Waals surface area contributed by atoms with Crippen LogP contribution in [0.3, 0.4) is 0 Å². The molecular formula is C17H26FNS. The Bertz CT molecular complexity index is 421. The topological polar surface area (TPSA) is 12.0 Å². The van der Waals surface area contributed by atoms with Crippen molar-refractivity contribution in [2.45, 2.75) is 69.4 Å². The molecule has 1 aromatic rings. The molecule has 0 saturated carbocycles. The molecule has 0 amide bonds. The lowest BCUT2D eigenvalue weighted by molar-refractivity contribution is 0.371. The number of nitrogens with one attached hydrogen (secondary N) is 1. The predicted molar refractivity (Wildman–Crippen MR) is 85.8 cm³/mol. The maximum Gasteiger partial charge on any atom is 0.137 e. The Morgan fingerprint density at radius 1 is 1.30 bits per heavy atom. The van der Waals surface area contributed by atoms with Crippen LogP contribution in [0.2, 0.25) is 0 Å². The van der Waals surface area contributed by atoms with Crippen LogP contribution in [0.4, 0.5) is 4.39 Å². The molecule has 1 N–H and O–H groups in total. The Labute approximate surface area is 126 Å².